The topological polar surface area (TPSA) is 40.5 Å². The van der Waals surface area contributed by atoms with Gasteiger partial charge >= 0.3 is 0 Å². The normalized spacial score (nSPS) is 15.4. The second-order valence-electron chi connectivity index (χ2n) is 3.95. The number of benzene rings is 1. The van der Waals surface area contributed by atoms with Gasteiger partial charge in [0.2, 0.25) is 0 Å². The minimum Gasteiger partial charge on any atom is -0.506 e. The van der Waals surface area contributed by atoms with Crippen LogP contribution in [0.5, 0.6) is 5.75 Å². The van der Waals surface area contributed by atoms with E-state index in [1.54, 1.807) is 6.07 Å². The summed E-state index contributed by atoms with van der Waals surface area (Å²) < 4.78 is -2.00. The van der Waals surface area contributed by atoms with Crippen LogP contribution in [0.3, 0.4) is 0 Å². The van der Waals surface area contributed by atoms with Gasteiger partial charge in [0.15, 0.2) is 0 Å². The second kappa shape index (κ2) is 4.97. The Morgan fingerprint density at radius 2 is 2.00 bits per heavy atom. The maximum atomic E-state index is 12.0. The van der Waals surface area contributed by atoms with Crippen LogP contribution in [0.2, 0.25) is 5.02 Å². The van der Waals surface area contributed by atoms with Crippen molar-refractivity contribution in [2.75, 3.05) is 11.4 Å². The van der Waals surface area contributed by atoms with Crippen LogP contribution in [0.4, 0.5) is 5.69 Å². The molecule has 1 amide bonds. The van der Waals surface area contributed by atoms with E-state index in [2.05, 4.69) is 0 Å². The second-order valence-corrected chi connectivity index (χ2v) is 6.61. The van der Waals surface area contributed by atoms with Gasteiger partial charge in [0.25, 0.3) is 9.70 Å². The third-order valence-electron chi connectivity index (χ3n) is 2.79. The lowest BCUT2D eigenvalue weighted by molar-refractivity contribution is -0.117. The van der Waals surface area contributed by atoms with Crippen molar-refractivity contribution in [1.29, 1.82) is 0 Å². The molecule has 0 aliphatic carbocycles. The summed E-state index contributed by atoms with van der Waals surface area (Å²) in [7, 11) is 0. The Balaban J connectivity index is 2.47. The summed E-state index contributed by atoms with van der Waals surface area (Å²) in [5.74, 6) is -0.631. The average molecular weight is 329 g/mol. The van der Waals surface area contributed by atoms with Crippen molar-refractivity contribution < 1.29 is 9.90 Å². The predicted octanol–water partition coefficient (Wildman–Crippen LogP) is 3.70. The molecule has 1 aromatic carbocycles. The van der Waals surface area contributed by atoms with Crippen LogP contribution in [0, 0.1) is 0 Å². The summed E-state index contributed by atoms with van der Waals surface area (Å²) in [6.07, 6.45) is 1.37. The molecule has 1 aliphatic heterocycles. The first-order chi connectivity index (χ1) is 8.32. The largest absolute Gasteiger partial charge is 0.506 e. The zero-order valence-corrected chi connectivity index (χ0v) is 12.1. The molecule has 0 fully saturated rings. The van der Waals surface area contributed by atoms with E-state index in [1.165, 1.54) is 11.0 Å². The lowest BCUT2D eigenvalue weighted by Gasteiger charge is -2.32. The van der Waals surface area contributed by atoms with Crippen molar-refractivity contribution in [3.8, 4) is 5.75 Å². The van der Waals surface area contributed by atoms with Gasteiger partial charge in [-0.2, -0.15) is 0 Å². The molecular formula is C11H9Cl4NO2. The van der Waals surface area contributed by atoms with Gasteiger partial charge in [0.05, 0.1) is 5.02 Å². The highest BCUT2D eigenvalue weighted by Crippen LogP contribution is 2.40. The van der Waals surface area contributed by atoms with Gasteiger partial charge in [-0.1, -0.05) is 46.4 Å². The van der Waals surface area contributed by atoms with E-state index in [1.807, 2.05) is 0 Å². The molecule has 0 atom stereocenters. The smallest absolute Gasteiger partial charge is 0.279 e. The van der Waals surface area contributed by atoms with Crippen LogP contribution >= 0.6 is 46.4 Å². The summed E-state index contributed by atoms with van der Waals surface area (Å²) >= 11 is 22.8. The van der Waals surface area contributed by atoms with Gasteiger partial charge in [0.1, 0.15) is 5.75 Å². The number of aromatic hydroxyl groups is 1. The van der Waals surface area contributed by atoms with Gasteiger partial charge in [-0.15, -0.1) is 0 Å². The molecule has 98 valence electrons. The summed E-state index contributed by atoms with van der Waals surface area (Å²) in [4.78, 5) is 13.4. The average Bonchev–Trinajstić information content (AvgIpc) is 2.31. The number of nitrogens with zero attached hydrogens (tertiary/aromatic N) is 1. The molecule has 1 N–H and O–H groups in total. The van der Waals surface area contributed by atoms with E-state index >= 15 is 0 Å². The van der Waals surface area contributed by atoms with Gasteiger partial charge < -0.3 is 10.0 Å². The molecule has 18 heavy (non-hydrogen) atoms. The van der Waals surface area contributed by atoms with Crippen molar-refractivity contribution >= 4 is 58.0 Å². The quantitative estimate of drug-likeness (QED) is 0.738. The molecular weight excluding hydrogens is 320 g/mol. The molecule has 1 aromatic rings. The number of hydrogen-bond acceptors (Lipinski definition) is 2. The summed E-state index contributed by atoms with van der Waals surface area (Å²) in [5, 5.41) is 9.79. The van der Waals surface area contributed by atoms with E-state index in [0.29, 0.717) is 30.6 Å². The van der Waals surface area contributed by atoms with E-state index < -0.39 is 9.70 Å². The number of carbonyl (C=O) groups is 1. The lowest BCUT2D eigenvalue weighted by atomic mass is 10.0. The minimum atomic E-state index is -2.00. The zero-order valence-electron chi connectivity index (χ0n) is 9.09. The van der Waals surface area contributed by atoms with Gasteiger partial charge in [0, 0.05) is 12.2 Å². The Morgan fingerprint density at radius 3 is 2.61 bits per heavy atom. The fraction of sp³-hybridized carbons (Fsp3) is 0.364. The van der Waals surface area contributed by atoms with Crippen LogP contribution in [-0.4, -0.2) is 21.4 Å². The molecule has 0 saturated heterocycles. The number of amides is 1. The van der Waals surface area contributed by atoms with Crippen molar-refractivity contribution in [1.82, 2.24) is 0 Å². The molecule has 3 nitrogen and oxygen atoms in total. The Hall–Kier alpha value is -0.350. The lowest BCUT2D eigenvalue weighted by Crippen LogP contribution is -2.42. The van der Waals surface area contributed by atoms with Crippen molar-refractivity contribution in [3.63, 3.8) is 0 Å². The molecule has 0 radical (unpaired) electrons. The molecule has 0 bridgehead atoms. The van der Waals surface area contributed by atoms with E-state index in [0.717, 1.165) is 0 Å². The van der Waals surface area contributed by atoms with E-state index in [4.69, 9.17) is 46.4 Å². The van der Waals surface area contributed by atoms with Crippen molar-refractivity contribution in [2.45, 2.75) is 16.6 Å². The van der Waals surface area contributed by atoms with Crippen LogP contribution in [0.15, 0.2) is 12.1 Å². The highest BCUT2D eigenvalue weighted by Gasteiger charge is 2.38. The first kappa shape index (κ1) is 14.1. The number of rotatable bonds is 0. The minimum absolute atomic E-state index is 0.0152. The monoisotopic (exact) mass is 327 g/mol. The van der Waals surface area contributed by atoms with E-state index in [9.17, 15) is 9.90 Å². The first-order valence-electron chi connectivity index (χ1n) is 5.21. The van der Waals surface area contributed by atoms with Gasteiger partial charge in [-0.25, -0.2) is 0 Å². The number of halogens is 4. The summed E-state index contributed by atoms with van der Waals surface area (Å²) in [6.45, 7) is 0.459. The van der Waals surface area contributed by atoms with Crippen LogP contribution in [0.25, 0.3) is 0 Å². The predicted molar refractivity (Wildman–Crippen MR) is 74.1 cm³/mol. The zero-order chi connectivity index (χ0) is 13.5. The van der Waals surface area contributed by atoms with Gasteiger partial charge in [-0.3, -0.25) is 4.79 Å². The van der Waals surface area contributed by atoms with Crippen LogP contribution in [-0.2, 0) is 11.2 Å². The highest BCUT2D eigenvalue weighted by atomic mass is 35.6. The highest BCUT2D eigenvalue weighted by molar-refractivity contribution is 6.77. The maximum Gasteiger partial charge on any atom is 0.279 e. The SMILES string of the molecule is O=C(N1CCCc2c1ccc(O)c2Cl)C(Cl)(Cl)Cl. The van der Waals surface area contributed by atoms with E-state index in [-0.39, 0.29) is 10.8 Å². The number of fused-ring (bicyclic) bond motifs is 1. The Bertz CT molecular complexity index is 499. The maximum absolute atomic E-state index is 12.0. The standard InChI is InChI=1S/C11H9Cl4NO2/c12-9-6-2-1-5-16(10(18)11(13,14)15)7(6)3-4-8(9)17/h3-4,17H,1-2,5H2. The van der Waals surface area contributed by atoms with Gasteiger partial charge in [-0.05, 0) is 30.5 Å². The molecule has 0 saturated carbocycles. The Labute approximate surface area is 124 Å². The molecule has 1 aliphatic rings. The molecule has 2 rings (SSSR count). The van der Waals surface area contributed by atoms with Crippen molar-refractivity contribution in [2.24, 2.45) is 0 Å². The van der Waals surface area contributed by atoms with Crippen LogP contribution in [0.1, 0.15) is 12.0 Å². The number of phenols is 1. The summed E-state index contributed by atoms with van der Waals surface area (Å²) in [6, 6.07) is 3.02. The number of carbonyl (C=O) groups excluding carboxylic acids is 1. The molecule has 0 unspecified atom stereocenters. The summed E-state index contributed by atoms with van der Waals surface area (Å²) in [5.41, 5.74) is 1.28. The van der Waals surface area contributed by atoms with Crippen LogP contribution < -0.4 is 4.90 Å². The third kappa shape index (κ3) is 2.50. The van der Waals surface area contributed by atoms with Crippen molar-refractivity contribution in [3.05, 3.63) is 22.7 Å². The third-order valence-corrected chi connectivity index (χ3v) is 3.69. The number of alkyl halides is 3. The number of hydrogen-bond donors (Lipinski definition) is 1. The molecule has 7 heteroatoms. The molecule has 0 spiro atoms. The fourth-order valence-electron chi connectivity index (χ4n) is 1.99. The first-order valence-corrected chi connectivity index (χ1v) is 6.72. The molecule has 0 aromatic heterocycles. The number of phenolic OH excluding ortho intramolecular Hbond substituents is 1. The molecule has 1 heterocycles. The fourth-order valence-corrected chi connectivity index (χ4v) is 2.55. The Kier molecular flexibility index (Phi) is 3.88. The Morgan fingerprint density at radius 1 is 1.33 bits per heavy atom. The number of anilines is 1.